The summed E-state index contributed by atoms with van der Waals surface area (Å²) in [4.78, 5) is 14.8. The Bertz CT molecular complexity index is 376. The van der Waals surface area contributed by atoms with Crippen molar-refractivity contribution in [3.8, 4) is 0 Å². The topological polar surface area (TPSA) is 81.1 Å². The molecule has 1 atom stereocenters. The second-order valence-corrected chi connectivity index (χ2v) is 5.83. The first-order valence-electron chi connectivity index (χ1n) is 4.92. The van der Waals surface area contributed by atoms with Gasteiger partial charge in [-0.05, 0) is 13.8 Å². The molecule has 16 heavy (non-hydrogen) atoms. The van der Waals surface area contributed by atoms with E-state index in [1.807, 2.05) is 25.5 Å². The van der Waals surface area contributed by atoms with Gasteiger partial charge < -0.3 is 15.4 Å². The second-order valence-electron chi connectivity index (χ2n) is 4.20. The van der Waals surface area contributed by atoms with Gasteiger partial charge in [0.2, 0.25) is 0 Å². The van der Waals surface area contributed by atoms with Crippen LogP contribution in [0.4, 0.5) is 0 Å². The van der Waals surface area contributed by atoms with Crippen molar-refractivity contribution in [1.82, 2.24) is 9.55 Å². The van der Waals surface area contributed by atoms with Gasteiger partial charge in [-0.15, -0.1) is 11.8 Å². The molecule has 0 radical (unpaired) electrons. The van der Waals surface area contributed by atoms with Crippen LogP contribution in [-0.4, -0.2) is 31.4 Å². The molecule has 0 fully saturated rings. The minimum atomic E-state index is -0.970. The molecule has 0 bridgehead atoms. The predicted molar refractivity (Wildman–Crippen MR) is 64.2 cm³/mol. The first-order valence-corrected chi connectivity index (χ1v) is 5.90. The van der Waals surface area contributed by atoms with Gasteiger partial charge in [-0.2, -0.15) is 0 Å². The van der Waals surface area contributed by atoms with Crippen molar-refractivity contribution in [2.24, 2.45) is 12.8 Å². The SMILES string of the molecule is Cn1cncc1CSC(C)(C)[C@@H](N)C(=O)O. The molecule has 0 saturated heterocycles. The van der Waals surface area contributed by atoms with Crippen molar-refractivity contribution < 1.29 is 9.90 Å². The zero-order valence-electron chi connectivity index (χ0n) is 9.67. The number of nitrogens with two attached hydrogens (primary N) is 1. The van der Waals surface area contributed by atoms with Crippen LogP contribution in [0.3, 0.4) is 0 Å². The molecular formula is C10H17N3O2S. The molecule has 6 heteroatoms. The van der Waals surface area contributed by atoms with Crippen LogP contribution in [0.5, 0.6) is 0 Å². The Morgan fingerprint density at radius 3 is 2.81 bits per heavy atom. The number of aryl methyl sites for hydroxylation is 1. The molecular weight excluding hydrogens is 226 g/mol. The fourth-order valence-corrected chi connectivity index (χ4v) is 2.25. The van der Waals surface area contributed by atoms with Crippen molar-refractivity contribution >= 4 is 17.7 Å². The average molecular weight is 243 g/mol. The molecule has 0 spiro atoms. The van der Waals surface area contributed by atoms with E-state index in [-0.39, 0.29) is 0 Å². The lowest BCUT2D eigenvalue weighted by Gasteiger charge is -2.27. The van der Waals surface area contributed by atoms with Crippen LogP contribution in [0.15, 0.2) is 12.5 Å². The summed E-state index contributed by atoms with van der Waals surface area (Å²) >= 11 is 1.52. The molecule has 0 aliphatic rings. The summed E-state index contributed by atoms with van der Waals surface area (Å²) in [6, 6.07) is -0.870. The Balaban J connectivity index is 2.61. The third kappa shape index (κ3) is 2.99. The number of carbonyl (C=O) groups is 1. The van der Waals surface area contributed by atoms with E-state index in [2.05, 4.69) is 4.98 Å². The Kier molecular flexibility index (Phi) is 3.98. The normalized spacial score (nSPS) is 13.8. The molecule has 0 unspecified atom stereocenters. The molecule has 0 aliphatic heterocycles. The zero-order chi connectivity index (χ0) is 12.3. The average Bonchev–Trinajstić information content (AvgIpc) is 2.60. The Hall–Kier alpha value is -1.01. The Morgan fingerprint density at radius 2 is 2.38 bits per heavy atom. The van der Waals surface area contributed by atoms with Crippen molar-refractivity contribution in [3.63, 3.8) is 0 Å². The number of aliphatic carboxylic acids is 1. The maximum absolute atomic E-state index is 10.8. The van der Waals surface area contributed by atoms with Crippen LogP contribution < -0.4 is 5.73 Å². The maximum atomic E-state index is 10.8. The summed E-state index contributed by atoms with van der Waals surface area (Å²) in [6.07, 6.45) is 3.50. The van der Waals surface area contributed by atoms with Gasteiger partial charge >= 0.3 is 5.97 Å². The third-order valence-electron chi connectivity index (χ3n) is 2.52. The number of carboxylic acids is 1. The fraction of sp³-hybridized carbons (Fsp3) is 0.600. The minimum absolute atomic E-state index is 0.504. The van der Waals surface area contributed by atoms with Crippen molar-refractivity contribution in [1.29, 1.82) is 0 Å². The molecule has 1 rings (SSSR count). The summed E-state index contributed by atoms with van der Waals surface area (Å²) in [7, 11) is 1.91. The second kappa shape index (κ2) is 4.88. The van der Waals surface area contributed by atoms with E-state index in [1.54, 1.807) is 12.5 Å². The van der Waals surface area contributed by atoms with E-state index in [1.165, 1.54) is 11.8 Å². The van der Waals surface area contributed by atoms with E-state index in [0.717, 1.165) is 5.69 Å². The molecule has 90 valence electrons. The van der Waals surface area contributed by atoms with Crippen molar-refractivity contribution in [3.05, 3.63) is 18.2 Å². The molecule has 3 N–H and O–H groups in total. The standard InChI is InChI=1S/C10H17N3O2S/c1-10(2,8(11)9(14)15)16-5-7-4-12-6-13(7)3/h4,6,8H,5,11H2,1-3H3,(H,14,15)/t8-/m0/s1. The van der Waals surface area contributed by atoms with Gasteiger partial charge in [0.05, 0.1) is 6.33 Å². The van der Waals surface area contributed by atoms with Crippen LogP contribution in [0, 0.1) is 0 Å². The van der Waals surface area contributed by atoms with Crippen molar-refractivity contribution in [2.45, 2.75) is 30.4 Å². The van der Waals surface area contributed by atoms with Gasteiger partial charge in [0.25, 0.3) is 0 Å². The highest BCUT2D eigenvalue weighted by atomic mass is 32.2. The first-order chi connectivity index (χ1) is 7.34. The molecule has 0 amide bonds. The number of hydrogen-bond acceptors (Lipinski definition) is 4. The smallest absolute Gasteiger partial charge is 0.321 e. The molecule has 5 nitrogen and oxygen atoms in total. The molecule has 0 aliphatic carbocycles. The predicted octanol–water partition coefficient (Wildman–Crippen LogP) is 0.844. The molecule has 1 aromatic rings. The summed E-state index contributed by atoms with van der Waals surface area (Å²) in [5.41, 5.74) is 6.68. The van der Waals surface area contributed by atoms with Crippen LogP contribution >= 0.6 is 11.8 Å². The maximum Gasteiger partial charge on any atom is 0.321 e. The number of hydrogen-bond donors (Lipinski definition) is 2. The van der Waals surface area contributed by atoms with E-state index in [4.69, 9.17) is 10.8 Å². The highest BCUT2D eigenvalue weighted by Gasteiger charge is 2.32. The minimum Gasteiger partial charge on any atom is -0.480 e. The highest BCUT2D eigenvalue weighted by molar-refractivity contribution is 7.99. The lowest BCUT2D eigenvalue weighted by Crippen LogP contribution is -2.46. The van der Waals surface area contributed by atoms with Gasteiger partial charge in [-0.25, -0.2) is 4.98 Å². The molecule has 1 aromatic heterocycles. The van der Waals surface area contributed by atoms with E-state index < -0.39 is 16.8 Å². The number of nitrogens with zero attached hydrogens (tertiary/aromatic N) is 2. The molecule has 1 heterocycles. The van der Waals surface area contributed by atoms with E-state index in [0.29, 0.717) is 5.75 Å². The number of imidazole rings is 1. The first kappa shape index (κ1) is 13.1. The van der Waals surface area contributed by atoms with Gasteiger partial charge in [-0.1, -0.05) is 0 Å². The van der Waals surface area contributed by atoms with Crippen LogP contribution in [0.1, 0.15) is 19.5 Å². The summed E-state index contributed by atoms with van der Waals surface area (Å²) in [6.45, 7) is 3.68. The van der Waals surface area contributed by atoms with Gasteiger partial charge in [0.1, 0.15) is 6.04 Å². The number of rotatable bonds is 5. The summed E-state index contributed by atoms with van der Waals surface area (Å²) in [5, 5.41) is 8.87. The Morgan fingerprint density at radius 1 is 1.75 bits per heavy atom. The Labute approximate surface area is 99.0 Å². The molecule has 0 aromatic carbocycles. The zero-order valence-corrected chi connectivity index (χ0v) is 10.5. The van der Waals surface area contributed by atoms with E-state index >= 15 is 0 Å². The van der Waals surface area contributed by atoms with E-state index in [9.17, 15) is 4.79 Å². The summed E-state index contributed by atoms with van der Waals surface area (Å²) < 4.78 is 1.41. The number of aromatic nitrogens is 2. The fourth-order valence-electron chi connectivity index (χ4n) is 1.17. The summed E-state index contributed by atoms with van der Waals surface area (Å²) in [5.74, 6) is -0.271. The molecule has 0 saturated carbocycles. The quantitative estimate of drug-likeness (QED) is 0.801. The monoisotopic (exact) mass is 243 g/mol. The van der Waals surface area contributed by atoms with Gasteiger partial charge in [0.15, 0.2) is 0 Å². The van der Waals surface area contributed by atoms with Crippen LogP contribution in [0.25, 0.3) is 0 Å². The lowest BCUT2D eigenvalue weighted by atomic mass is 10.1. The van der Waals surface area contributed by atoms with Gasteiger partial charge in [-0.3, -0.25) is 4.79 Å². The lowest BCUT2D eigenvalue weighted by molar-refractivity contribution is -0.139. The number of carboxylic acid groups (broad SMARTS) is 1. The number of thioether (sulfide) groups is 1. The van der Waals surface area contributed by atoms with Gasteiger partial charge in [0, 0.05) is 29.4 Å². The highest BCUT2D eigenvalue weighted by Crippen LogP contribution is 2.30. The van der Waals surface area contributed by atoms with Crippen LogP contribution in [0.2, 0.25) is 0 Å². The van der Waals surface area contributed by atoms with Crippen LogP contribution in [-0.2, 0) is 17.6 Å². The third-order valence-corrected chi connectivity index (χ3v) is 3.96. The largest absolute Gasteiger partial charge is 0.480 e. The van der Waals surface area contributed by atoms with Crippen molar-refractivity contribution in [2.75, 3.05) is 0 Å².